The number of rotatable bonds is 9. The number of ether oxygens (including phenoxy) is 3. The van der Waals surface area contributed by atoms with E-state index < -0.39 is 0 Å². The van der Waals surface area contributed by atoms with Crippen LogP contribution in [0, 0.1) is 0 Å². The molecule has 0 aromatic heterocycles. The second-order valence-electron chi connectivity index (χ2n) is 7.38. The molecule has 7 nitrogen and oxygen atoms in total. The molecule has 2 heterocycles. The summed E-state index contributed by atoms with van der Waals surface area (Å²) in [5.74, 6) is 0.505. The van der Waals surface area contributed by atoms with Crippen LogP contribution in [-0.4, -0.2) is 69.6 Å². The molecule has 1 aromatic carbocycles. The van der Waals surface area contributed by atoms with Crippen molar-refractivity contribution in [3.8, 4) is 0 Å². The molecule has 0 saturated carbocycles. The summed E-state index contributed by atoms with van der Waals surface area (Å²) in [7, 11) is 0. The lowest BCUT2D eigenvalue weighted by atomic mass is 10.1. The molecule has 0 bridgehead atoms. The van der Waals surface area contributed by atoms with Crippen molar-refractivity contribution in [2.45, 2.75) is 38.5 Å². The number of aliphatic imine (C=N–C) groups is 1. The van der Waals surface area contributed by atoms with Crippen molar-refractivity contribution in [2.24, 2.45) is 10.7 Å². The smallest absolute Gasteiger partial charge is 0.188 e. The fraction of sp³-hybridized carbons (Fsp3) is 0.667. The number of nitrogens with two attached hydrogens (primary N) is 1. The molecule has 2 aliphatic rings. The molecule has 2 saturated heterocycles. The van der Waals surface area contributed by atoms with Gasteiger partial charge in [0.15, 0.2) is 5.96 Å². The first-order chi connectivity index (χ1) is 13.8. The van der Waals surface area contributed by atoms with Crippen LogP contribution in [0.25, 0.3) is 0 Å². The number of morpholine rings is 1. The Morgan fingerprint density at radius 2 is 1.86 bits per heavy atom. The predicted molar refractivity (Wildman–Crippen MR) is 126 cm³/mol. The zero-order chi connectivity index (χ0) is 19.4. The normalized spacial score (nSPS) is 19.0. The molecular formula is C21H35IN4O3. The second-order valence-corrected chi connectivity index (χ2v) is 7.38. The van der Waals surface area contributed by atoms with E-state index >= 15 is 0 Å². The molecule has 0 unspecified atom stereocenters. The molecule has 0 aliphatic carbocycles. The zero-order valence-electron chi connectivity index (χ0n) is 17.2. The predicted octanol–water partition coefficient (Wildman–Crippen LogP) is 2.13. The Labute approximate surface area is 191 Å². The molecule has 0 radical (unpaired) electrons. The quantitative estimate of drug-likeness (QED) is 0.226. The lowest BCUT2D eigenvalue weighted by Gasteiger charge is -2.26. The minimum absolute atomic E-state index is 0. The van der Waals surface area contributed by atoms with E-state index in [1.54, 1.807) is 0 Å². The van der Waals surface area contributed by atoms with E-state index in [1.807, 2.05) is 0 Å². The van der Waals surface area contributed by atoms with Gasteiger partial charge in [-0.2, -0.15) is 0 Å². The molecule has 1 aromatic rings. The van der Waals surface area contributed by atoms with E-state index in [1.165, 1.54) is 5.56 Å². The average molecular weight is 518 g/mol. The Kier molecular flexibility index (Phi) is 11.9. The van der Waals surface area contributed by atoms with Crippen LogP contribution in [0.4, 0.5) is 0 Å². The largest absolute Gasteiger partial charge is 0.381 e. The van der Waals surface area contributed by atoms with Crippen LogP contribution in [0.2, 0.25) is 0 Å². The van der Waals surface area contributed by atoms with Crippen molar-refractivity contribution in [2.75, 3.05) is 52.6 Å². The van der Waals surface area contributed by atoms with Gasteiger partial charge >= 0.3 is 0 Å². The zero-order valence-corrected chi connectivity index (χ0v) is 19.5. The van der Waals surface area contributed by atoms with E-state index in [0.29, 0.717) is 25.2 Å². The van der Waals surface area contributed by atoms with Gasteiger partial charge in [-0.3, -0.25) is 4.90 Å². The molecule has 2 aliphatic heterocycles. The van der Waals surface area contributed by atoms with Crippen LogP contribution in [-0.2, 0) is 27.4 Å². The SMILES string of the molecule is I.NC(=NCc1cccc(COC2CCOCC2)c1)NCCCN1CCOCC1. The van der Waals surface area contributed by atoms with E-state index in [9.17, 15) is 0 Å². The van der Waals surface area contributed by atoms with E-state index in [-0.39, 0.29) is 24.0 Å². The number of halogens is 1. The summed E-state index contributed by atoms with van der Waals surface area (Å²) in [4.78, 5) is 6.89. The van der Waals surface area contributed by atoms with E-state index in [2.05, 4.69) is 39.5 Å². The van der Waals surface area contributed by atoms with Gasteiger partial charge in [0.1, 0.15) is 0 Å². The molecule has 0 spiro atoms. The number of benzene rings is 1. The fourth-order valence-corrected chi connectivity index (χ4v) is 3.45. The third-order valence-corrected chi connectivity index (χ3v) is 5.14. The standard InChI is InChI=1S/C21H34N4O3.HI/c22-21(23-7-2-8-25-9-13-27-14-10-25)24-16-18-3-1-4-19(15-18)17-28-20-5-11-26-12-6-20;/h1,3-4,15,20H,2,5-14,16-17H2,(H3,22,23,24);1H. The van der Waals surface area contributed by atoms with Gasteiger partial charge in [0.25, 0.3) is 0 Å². The molecule has 3 N–H and O–H groups in total. The van der Waals surface area contributed by atoms with Gasteiger partial charge in [0.05, 0.1) is 32.5 Å². The first-order valence-corrected chi connectivity index (χ1v) is 10.4. The Bertz CT molecular complexity index is 605. The highest BCUT2D eigenvalue weighted by molar-refractivity contribution is 14.0. The van der Waals surface area contributed by atoms with Crippen molar-refractivity contribution in [1.82, 2.24) is 10.2 Å². The van der Waals surface area contributed by atoms with Crippen molar-refractivity contribution in [1.29, 1.82) is 0 Å². The molecular weight excluding hydrogens is 483 g/mol. The summed E-state index contributed by atoms with van der Waals surface area (Å²) in [5.41, 5.74) is 8.33. The Morgan fingerprint density at radius 1 is 1.14 bits per heavy atom. The van der Waals surface area contributed by atoms with Crippen LogP contribution in [0.3, 0.4) is 0 Å². The molecule has 0 atom stereocenters. The molecule has 8 heteroatoms. The van der Waals surface area contributed by atoms with Crippen molar-refractivity contribution < 1.29 is 14.2 Å². The molecule has 3 rings (SSSR count). The average Bonchev–Trinajstić information content (AvgIpc) is 2.76. The van der Waals surface area contributed by atoms with Crippen LogP contribution in [0.15, 0.2) is 29.3 Å². The number of guanidine groups is 1. The van der Waals surface area contributed by atoms with Crippen molar-refractivity contribution in [3.05, 3.63) is 35.4 Å². The van der Waals surface area contributed by atoms with Gasteiger partial charge in [-0.05, 0) is 36.9 Å². The van der Waals surface area contributed by atoms with Crippen molar-refractivity contribution >= 4 is 29.9 Å². The third-order valence-electron chi connectivity index (χ3n) is 5.14. The van der Waals surface area contributed by atoms with E-state index in [4.69, 9.17) is 19.9 Å². The van der Waals surface area contributed by atoms with Gasteiger partial charge in [-0.1, -0.05) is 24.3 Å². The summed E-state index contributed by atoms with van der Waals surface area (Å²) in [6.07, 6.45) is 3.33. The number of hydrogen-bond donors (Lipinski definition) is 2. The minimum atomic E-state index is 0. The summed E-state index contributed by atoms with van der Waals surface area (Å²) in [6.45, 7) is 8.47. The van der Waals surface area contributed by atoms with Crippen LogP contribution in [0.1, 0.15) is 30.4 Å². The highest BCUT2D eigenvalue weighted by atomic mass is 127. The Hall–Kier alpha value is -0.940. The van der Waals surface area contributed by atoms with Gasteiger partial charge in [-0.25, -0.2) is 4.99 Å². The number of nitrogens with zero attached hydrogens (tertiary/aromatic N) is 2. The van der Waals surface area contributed by atoms with Gasteiger partial charge in [0, 0.05) is 32.8 Å². The molecule has 0 amide bonds. The second kappa shape index (κ2) is 14.1. The maximum atomic E-state index is 6.00. The molecule has 2 fully saturated rings. The summed E-state index contributed by atoms with van der Waals surface area (Å²) in [5, 5.41) is 3.21. The first-order valence-electron chi connectivity index (χ1n) is 10.4. The topological polar surface area (TPSA) is 81.3 Å². The highest BCUT2D eigenvalue weighted by Crippen LogP contribution is 2.14. The van der Waals surface area contributed by atoms with Gasteiger partial charge in [0.2, 0.25) is 0 Å². The third kappa shape index (κ3) is 9.61. The lowest BCUT2D eigenvalue weighted by Crippen LogP contribution is -2.39. The lowest BCUT2D eigenvalue weighted by molar-refractivity contribution is -0.0390. The van der Waals surface area contributed by atoms with Gasteiger partial charge < -0.3 is 25.3 Å². The fourth-order valence-electron chi connectivity index (χ4n) is 3.45. The Balaban J connectivity index is 0.00000300. The number of hydrogen-bond acceptors (Lipinski definition) is 5. The first kappa shape index (κ1) is 24.3. The minimum Gasteiger partial charge on any atom is -0.381 e. The number of nitrogens with one attached hydrogen (secondary N) is 1. The van der Waals surface area contributed by atoms with Crippen molar-refractivity contribution in [3.63, 3.8) is 0 Å². The van der Waals surface area contributed by atoms with E-state index in [0.717, 1.165) is 77.4 Å². The highest BCUT2D eigenvalue weighted by Gasteiger charge is 2.14. The molecule has 29 heavy (non-hydrogen) atoms. The van der Waals surface area contributed by atoms with Crippen LogP contribution >= 0.6 is 24.0 Å². The molecule has 164 valence electrons. The Morgan fingerprint density at radius 3 is 2.66 bits per heavy atom. The summed E-state index contributed by atoms with van der Waals surface area (Å²) < 4.78 is 16.7. The maximum absolute atomic E-state index is 6.00. The maximum Gasteiger partial charge on any atom is 0.188 e. The van der Waals surface area contributed by atoms with Crippen LogP contribution in [0.5, 0.6) is 0 Å². The van der Waals surface area contributed by atoms with Crippen LogP contribution < -0.4 is 11.1 Å². The van der Waals surface area contributed by atoms with Gasteiger partial charge in [-0.15, -0.1) is 24.0 Å². The summed E-state index contributed by atoms with van der Waals surface area (Å²) in [6, 6.07) is 8.38. The summed E-state index contributed by atoms with van der Waals surface area (Å²) >= 11 is 0. The monoisotopic (exact) mass is 518 g/mol.